The summed E-state index contributed by atoms with van der Waals surface area (Å²) in [7, 11) is -3.43. The van der Waals surface area contributed by atoms with E-state index in [0.717, 1.165) is 11.8 Å². The minimum Gasteiger partial charge on any atom is -0.481 e. The highest BCUT2D eigenvalue weighted by molar-refractivity contribution is 7.92. The number of sulfone groups is 1. The summed E-state index contributed by atoms with van der Waals surface area (Å²) < 4.78 is 22.5. The molecule has 0 aliphatic rings. The van der Waals surface area contributed by atoms with Crippen LogP contribution in [0, 0.1) is 0 Å². The quantitative estimate of drug-likeness (QED) is 0.818. The lowest BCUT2D eigenvalue weighted by Gasteiger charge is -2.10. The van der Waals surface area contributed by atoms with E-state index in [1.165, 1.54) is 6.92 Å². The van der Waals surface area contributed by atoms with Crippen LogP contribution in [0.25, 0.3) is 0 Å². The molecule has 0 saturated carbocycles. The van der Waals surface area contributed by atoms with Crippen LogP contribution in [0.15, 0.2) is 24.3 Å². The zero-order valence-corrected chi connectivity index (χ0v) is 12.1. The zero-order chi connectivity index (χ0) is 15.3. The molecule has 1 rings (SSSR count). The van der Waals surface area contributed by atoms with Gasteiger partial charge in [0.2, 0.25) is 5.91 Å². The van der Waals surface area contributed by atoms with Crippen molar-refractivity contribution in [3.63, 3.8) is 0 Å². The molecule has 110 valence electrons. The molecular weight excluding hydrogens is 282 g/mol. The first-order valence-corrected chi connectivity index (χ1v) is 7.96. The summed E-state index contributed by atoms with van der Waals surface area (Å²) in [5.74, 6) is -1.46. The number of carbonyl (C=O) groups excluding carboxylic acids is 1. The lowest BCUT2D eigenvalue weighted by atomic mass is 10.1. The Balaban J connectivity index is 2.66. The highest BCUT2D eigenvalue weighted by Crippen LogP contribution is 2.12. The van der Waals surface area contributed by atoms with E-state index in [1.807, 2.05) is 0 Å². The average molecular weight is 299 g/mol. The Morgan fingerprint density at radius 1 is 1.25 bits per heavy atom. The molecule has 0 heterocycles. The van der Waals surface area contributed by atoms with Crippen LogP contribution in [-0.2, 0) is 25.8 Å². The number of nitrogens with one attached hydrogen (secondary N) is 1. The van der Waals surface area contributed by atoms with Crippen LogP contribution in [0.5, 0.6) is 0 Å². The Kier molecular flexibility index (Phi) is 5.26. The number of amides is 1. The smallest absolute Gasteiger partial charge is 0.303 e. The van der Waals surface area contributed by atoms with Gasteiger partial charge in [0, 0.05) is 18.4 Å². The second-order valence-electron chi connectivity index (χ2n) is 4.55. The van der Waals surface area contributed by atoms with Gasteiger partial charge in [0.1, 0.15) is 5.25 Å². The Morgan fingerprint density at radius 3 is 2.25 bits per heavy atom. The monoisotopic (exact) mass is 299 g/mol. The first-order valence-electron chi connectivity index (χ1n) is 6.00. The number of carboxylic acid groups (broad SMARTS) is 1. The Morgan fingerprint density at radius 2 is 1.80 bits per heavy atom. The van der Waals surface area contributed by atoms with Gasteiger partial charge in [0.15, 0.2) is 9.84 Å². The van der Waals surface area contributed by atoms with Crippen molar-refractivity contribution in [2.45, 2.75) is 25.0 Å². The molecule has 1 aromatic carbocycles. The summed E-state index contributed by atoms with van der Waals surface area (Å²) in [6, 6.07) is 6.63. The third-order valence-electron chi connectivity index (χ3n) is 2.86. The molecule has 0 aromatic heterocycles. The van der Waals surface area contributed by atoms with Crippen molar-refractivity contribution in [2.24, 2.45) is 0 Å². The van der Waals surface area contributed by atoms with Crippen LogP contribution in [0.3, 0.4) is 0 Å². The number of carbonyl (C=O) groups is 2. The summed E-state index contributed by atoms with van der Waals surface area (Å²) >= 11 is 0. The maximum absolute atomic E-state index is 11.7. The number of rotatable bonds is 6. The summed E-state index contributed by atoms with van der Waals surface area (Å²) in [4.78, 5) is 22.1. The molecule has 2 N–H and O–H groups in total. The van der Waals surface area contributed by atoms with Gasteiger partial charge in [-0.1, -0.05) is 12.1 Å². The maximum Gasteiger partial charge on any atom is 0.303 e. The van der Waals surface area contributed by atoms with Gasteiger partial charge in [-0.25, -0.2) is 8.42 Å². The fourth-order valence-electron chi connectivity index (χ4n) is 1.44. The summed E-state index contributed by atoms with van der Waals surface area (Å²) in [6.07, 6.45) is 1.45. The number of hydrogen-bond donors (Lipinski definition) is 2. The number of carboxylic acids is 1. The van der Waals surface area contributed by atoms with Crippen LogP contribution in [0.4, 0.5) is 5.69 Å². The molecule has 0 aliphatic carbocycles. The van der Waals surface area contributed by atoms with Gasteiger partial charge in [-0.15, -0.1) is 0 Å². The van der Waals surface area contributed by atoms with Crippen LogP contribution in [0.1, 0.15) is 18.9 Å². The molecule has 0 aliphatic heterocycles. The van der Waals surface area contributed by atoms with Gasteiger partial charge in [-0.3, -0.25) is 9.59 Å². The summed E-state index contributed by atoms with van der Waals surface area (Å²) in [6.45, 7) is 1.33. The summed E-state index contributed by atoms with van der Waals surface area (Å²) in [5, 5.41) is 9.96. The van der Waals surface area contributed by atoms with Crippen molar-refractivity contribution < 1.29 is 23.1 Å². The van der Waals surface area contributed by atoms with E-state index in [4.69, 9.17) is 5.11 Å². The van der Waals surface area contributed by atoms with Crippen molar-refractivity contribution >= 4 is 27.4 Å². The lowest BCUT2D eigenvalue weighted by molar-refractivity contribution is -0.137. The molecule has 1 aromatic rings. The first-order chi connectivity index (χ1) is 9.20. The standard InChI is InChI=1S/C13H17NO5S/c1-9(20(2,18)19)13(17)14-11-6-3-10(4-7-11)5-8-12(15)16/h3-4,6-7,9H,5,8H2,1-2H3,(H,14,17)(H,15,16). The molecule has 1 atom stereocenters. The van der Waals surface area contributed by atoms with E-state index < -0.39 is 27.0 Å². The predicted octanol–water partition coefficient (Wildman–Crippen LogP) is 1.08. The molecule has 0 radical (unpaired) electrons. The molecule has 7 heteroatoms. The minimum atomic E-state index is -3.43. The van der Waals surface area contributed by atoms with Crippen LogP contribution >= 0.6 is 0 Å². The maximum atomic E-state index is 11.7. The van der Waals surface area contributed by atoms with E-state index in [2.05, 4.69) is 5.32 Å². The molecule has 6 nitrogen and oxygen atoms in total. The van der Waals surface area contributed by atoms with Gasteiger partial charge in [0.25, 0.3) is 0 Å². The second-order valence-corrected chi connectivity index (χ2v) is 6.92. The van der Waals surface area contributed by atoms with Gasteiger partial charge in [-0.2, -0.15) is 0 Å². The second kappa shape index (κ2) is 6.51. The molecule has 0 fully saturated rings. The number of aliphatic carboxylic acids is 1. The molecule has 20 heavy (non-hydrogen) atoms. The predicted molar refractivity (Wildman–Crippen MR) is 75.3 cm³/mol. The van der Waals surface area contributed by atoms with Gasteiger partial charge in [0.05, 0.1) is 0 Å². The van der Waals surface area contributed by atoms with E-state index in [9.17, 15) is 18.0 Å². The highest BCUT2D eigenvalue weighted by atomic mass is 32.2. The first kappa shape index (κ1) is 16.2. The Hall–Kier alpha value is -1.89. The van der Waals surface area contributed by atoms with E-state index in [-0.39, 0.29) is 6.42 Å². The van der Waals surface area contributed by atoms with Crippen molar-refractivity contribution in [1.29, 1.82) is 0 Å². The molecule has 1 amide bonds. The molecule has 0 spiro atoms. The van der Waals surface area contributed by atoms with Crippen LogP contribution in [-0.4, -0.2) is 36.9 Å². The van der Waals surface area contributed by atoms with Crippen molar-refractivity contribution in [2.75, 3.05) is 11.6 Å². The highest BCUT2D eigenvalue weighted by Gasteiger charge is 2.23. The molecule has 0 saturated heterocycles. The largest absolute Gasteiger partial charge is 0.481 e. The minimum absolute atomic E-state index is 0.0385. The van der Waals surface area contributed by atoms with Crippen molar-refractivity contribution in [3.05, 3.63) is 29.8 Å². The van der Waals surface area contributed by atoms with Crippen molar-refractivity contribution in [1.82, 2.24) is 0 Å². The SMILES string of the molecule is CC(C(=O)Nc1ccc(CCC(=O)O)cc1)S(C)(=O)=O. The fraction of sp³-hybridized carbons (Fsp3) is 0.385. The number of aryl methyl sites for hydroxylation is 1. The molecular formula is C13H17NO5S. The Labute approximate surface area is 117 Å². The fourth-order valence-corrected chi connectivity index (χ4v) is 1.89. The van der Waals surface area contributed by atoms with Crippen molar-refractivity contribution in [3.8, 4) is 0 Å². The van der Waals surface area contributed by atoms with Gasteiger partial charge < -0.3 is 10.4 Å². The molecule has 1 unspecified atom stereocenters. The number of hydrogen-bond acceptors (Lipinski definition) is 4. The van der Waals surface area contributed by atoms with Crippen LogP contribution < -0.4 is 5.32 Å². The lowest BCUT2D eigenvalue weighted by Crippen LogP contribution is -2.31. The van der Waals surface area contributed by atoms with E-state index in [0.29, 0.717) is 12.1 Å². The van der Waals surface area contributed by atoms with E-state index in [1.54, 1.807) is 24.3 Å². The third-order valence-corrected chi connectivity index (χ3v) is 4.36. The Bertz CT molecular complexity index is 592. The average Bonchev–Trinajstić information content (AvgIpc) is 2.35. The zero-order valence-electron chi connectivity index (χ0n) is 11.3. The van der Waals surface area contributed by atoms with E-state index >= 15 is 0 Å². The topological polar surface area (TPSA) is 101 Å². The number of anilines is 1. The summed E-state index contributed by atoms with van der Waals surface area (Å²) in [5.41, 5.74) is 1.31. The third kappa shape index (κ3) is 5.00. The van der Waals surface area contributed by atoms with Gasteiger partial charge in [-0.05, 0) is 31.0 Å². The normalized spacial score (nSPS) is 12.7. The number of benzene rings is 1. The molecule has 0 bridgehead atoms. The van der Waals surface area contributed by atoms with Gasteiger partial charge >= 0.3 is 5.97 Å². The van der Waals surface area contributed by atoms with Crippen LogP contribution in [0.2, 0.25) is 0 Å².